The summed E-state index contributed by atoms with van der Waals surface area (Å²) in [5.74, 6) is -1.79. The lowest BCUT2D eigenvalue weighted by Crippen LogP contribution is -2.32. The molecule has 1 fully saturated rings. The van der Waals surface area contributed by atoms with E-state index < -0.39 is 22.8 Å². The van der Waals surface area contributed by atoms with Crippen molar-refractivity contribution in [2.45, 2.75) is 12.5 Å². The van der Waals surface area contributed by atoms with Crippen LogP contribution in [0.1, 0.15) is 16.8 Å². The molecule has 1 atom stereocenters. The summed E-state index contributed by atoms with van der Waals surface area (Å²) < 4.78 is 14.4. The van der Waals surface area contributed by atoms with E-state index >= 15 is 0 Å². The number of hydrogen-bond acceptors (Lipinski definition) is 5. The van der Waals surface area contributed by atoms with Crippen LogP contribution in [-0.2, 0) is 0 Å². The van der Waals surface area contributed by atoms with Gasteiger partial charge in [0.15, 0.2) is 11.6 Å². The lowest BCUT2D eigenvalue weighted by molar-refractivity contribution is 0.0695. The first kappa shape index (κ1) is 15.4. The van der Waals surface area contributed by atoms with Gasteiger partial charge in [-0.1, -0.05) is 0 Å². The number of hydrogen-bond donors (Lipinski definition) is 2. The molecule has 7 nitrogen and oxygen atoms in total. The van der Waals surface area contributed by atoms with Gasteiger partial charge in [-0.15, -0.1) is 0 Å². The highest BCUT2D eigenvalue weighted by Crippen LogP contribution is 2.25. The molecule has 2 aromatic rings. The molecule has 0 aliphatic carbocycles. The number of fused-ring (bicyclic) bond motifs is 1. The van der Waals surface area contributed by atoms with Gasteiger partial charge >= 0.3 is 5.97 Å². The molecular formula is C15H17FN4O3. The first-order chi connectivity index (χ1) is 10.9. The Hall–Kier alpha value is -2.48. The van der Waals surface area contributed by atoms with Crippen LogP contribution in [-0.4, -0.2) is 59.2 Å². The van der Waals surface area contributed by atoms with E-state index in [-0.39, 0.29) is 16.9 Å². The molecule has 1 aliphatic heterocycles. The van der Waals surface area contributed by atoms with E-state index in [0.29, 0.717) is 19.1 Å². The maximum Gasteiger partial charge on any atom is 0.341 e. The van der Waals surface area contributed by atoms with Gasteiger partial charge in [-0.2, -0.15) is 0 Å². The maximum atomic E-state index is 14.4. The van der Waals surface area contributed by atoms with Crippen LogP contribution in [0.4, 0.5) is 10.2 Å². The van der Waals surface area contributed by atoms with Crippen LogP contribution in [0, 0.1) is 5.82 Å². The van der Waals surface area contributed by atoms with E-state index in [2.05, 4.69) is 14.9 Å². The Bertz CT molecular complexity index is 833. The van der Waals surface area contributed by atoms with Gasteiger partial charge in [0.25, 0.3) is 0 Å². The molecule has 0 aromatic carbocycles. The fourth-order valence-corrected chi connectivity index (χ4v) is 2.85. The number of carbonyl (C=O) groups is 1. The second kappa shape index (κ2) is 5.62. The van der Waals surface area contributed by atoms with Crippen LogP contribution >= 0.6 is 0 Å². The molecular weight excluding hydrogens is 303 g/mol. The number of aromatic amines is 1. The Morgan fingerprint density at radius 2 is 2.26 bits per heavy atom. The number of anilines is 1. The standard InChI is InChI=1S/C15H17FN4O3/c1-19(2)8-3-4-20(7-8)14-11(16)5-9-12(21)10(15(22)23)6-17-13(9)18-14/h5-6,8H,3-4,7H2,1-2H3,(H,22,23)(H,17,18,21). The number of carboxylic acids is 1. The summed E-state index contributed by atoms with van der Waals surface area (Å²) >= 11 is 0. The van der Waals surface area contributed by atoms with Gasteiger partial charge in [-0.3, -0.25) is 4.79 Å². The van der Waals surface area contributed by atoms with Crippen molar-refractivity contribution in [3.8, 4) is 0 Å². The second-order valence-electron chi connectivity index (χ2n) is 5.88. The number of nitrogens with zero attached hydrogens (tertiary/aromatic N) is 3. The highest BCUT2D eigenvalue weighted by molar-refractivity contribution is 5.91. The van der Waals surface area contributed by atoms with Crippen LogP contribution < -0.4 is 10.3 Å². The number of rotatable bonds is 3. The summed E-state index contributed by atoms with van der Waals surface area (Å²) in [6, 6.07) is 1.38. The van der Waals surface area contributed by atoms with Gasteiger partial charge in [0.2, 0.25) is 5.43 Å². The summed E-state index contributed by atoms with van der Waals surface area (Å²) in [5.41, 5.74) is -0.984. The molecule has 3 heterocycles. The number of H-pyrrole nitrogens is 1. The third-order valence-electron chi connectivity index (χ3n) is 4.22. The molecule has 0 spiro atoms. The third-order valence-corrected chi connectivity index (χ3v) is 4.22. The molecule has 8 heteroatoms. The van der Waals surface area contributed by atoms with Gasteiger partial charge in [-0.05, 0) is 26.6 Å². The van der Waals surface area contributed by atoms with Crippen LogP contribution in [0.25, 0.3) is 11.0 Å². The molecule has 3 rings (SSSR count). The van der Waals surface area contributed by atoms with Crippen molar-refractivity contribution in [2.24, 2.45) is 0 Å². The quantitative estimate of drug-likeness (QED) is 0.873. The Morgan fingerprint density at radius 1 is 1.52 bits per heavy atom. The number of halogens is 1. The monoisotopic (exact) mass is 320 g/mol. The van der Waals surface area contributed by atoms with Crippen LogP contribution in [0.5, 0.6) is 0 Å². The van der Waals surface area contributed by atoms with Crippen LogP contribution in [0.2, 0.25) is 0 Å². The van der Waals surface area contributed by atoms with E-state index in [1.807, 2.05) is 19.0 Å². The first-order valence-corrected chi connectivity index (χ1v) is 7.25. The van der Waals surface area contributed by atoms with Crippen molar-refractivity contribution in [1.29, 1.82) is 0 Å². The molecule has 0 saturated carbocycles. The second-order valence-corrected chi connectivity index (χ2v) is 5.88. The van der Waals surface area contributed by atoms with Crippen molar-refractivity contribution in [3.63, 3.8) is 0 Å². The van der Waals surface area contributed by atoms with E-state index in [9.17, 15) is 14.0 Å². The fourth-order valence-electron chi connectivity index (χ4n) is 2.85. The van der Waals surface area contributed by atoms with Crippen LogP contribution in [0.3, 0.4) is 0 Å². The zero-order valence-corrected chi connectivity index (χ0v) is 12.8. The molecule has 1 unspecified atom stereocenters. The summed E-state index contributed by atoms with van der Waals surface area (Å²) in [7, 11) is 3.95. The maximum absolute atomic E-state index is 14.4. The lowest BCUT2D eigenvalue weighted by atomic mass is 10.2. The zero-order valence-electron chi connectivity index (χ0n) is 12.8. The average Bonchev–Trinajstić information content (AvgIpc) is 2.97. The summed E-state index contributed by atoms with van der Waals surface area (Å²) in [6.07, 6.45) is 1.99. The van der Waals surface area contributed by atoms with Gasteiger partial charge in [-0.25, -0.2) is 14.2 Å². The molecule has 1 saturated heterocycles. The Balaban J connectivity index is 2.05. The predicted molar refractivity (Wildman–Crippen MR) is 83.6 cm³/mol. The van der Waals surface area contributed by atoms with E-state index in [4.69, 9.17) is 5.11 Å². The Labute approximate surface area is 131 Å². The largest absolute Gasteiger partial charge is 0.477 e. The summed E-state index contributed by atoms with van der Waals surface area (Å²) in [6.45, 7) is 1.33. The van der Waals surface area contributed by atoms with E-state index in [0.717, 1.165) is 18.7 Å². The Morgan fingerprint density at radius 3 is 2.87 bits per heavy atom. The minimum absolute atomic E-state index is 0.0606. The summed E-state index contributed by atoms with van der Waals surface area (Å²) in [4.78, 5) is 33.8. The molecule has 0 amide bonds. The topological polar surface area (TPSA) is 89.5 Å². The van der Waals surface area contributed by atoms with Gasteiger partial charge in [0.05, 0.1) is 5.39 Å². The van der Waals surface area contributed by atoms with Crippen LogP contribution in [0.15, 0.2) is 17.1 Å². The zero-order chi connectivity index (χ0) is 16.7. The average molecular weight is 320 g/mol. The van der Waals surface area contributed by atoms with Crippen molar-refractivity contribution in [2.75, 3.05) is 32.1 Å². The predicted octanol–water partition coefficient (Wildman–Crippen LogP) is 0.901. The number of likely N-dealkylation sites (N-methyl/N-ethyl adjacent to an activating group) is 1. The fraction of sp³-hybridized carbons (Fsp3) is 0.400. The van der Waals surface area contributed by atoms with E-state index in [1.54, 1.807) is 0 Å². The molecule has 122 valence electrons. The molecule has 1 aliphatic rings. The number of pyridine rings is 2. The third kappa shape index (κ3) is 2.65. The van der Waals surface area contributed by atoms with Gasteiger partial charge in [0, 0.05) is 25.3 Å². The van der Waals surface area contributed by atoms with Crippen molar-refractivity contribution >= 4 is 22.8 Å². The lowest BCUT2D eigenvalue weighted by Gasteiger charge is -2.21. The molecule has 2 aromatic heterocycles. The molecule has 2 N–H and O–H groups in total. The number of carboxylic acid groups (broad SMARTS) is 1. The van der Waals surface area contributed by atoms with Crippen molar-refractivity contribution < 1.29 is 14.3 Å². The van der Waals surface area contributed by atoms with E-state index in [1.165, 1.54) is 0 Å². The number of nitrogens with one attached hydrogen (secondary N) is 1. The molecule has 0 radical (unpaired) electrons. The Kier molecular flexibility index (Phi) is 3.77. The summed E-state index contributed by atoms with van der Waals surface area (Å²) in [5, 5.41) is 8.90. The van der Waals surface area contributed by atoms with Gasteiger partial charge in [0.1, 0.15) is 11.2 Å². The highest BCUT2D eigenvalue weighted by atomic mass is 19.1. The normalized spacial score (nSPS) is 18.1. The minimum Gasteiger partial charge on any atom is -0.477 e. The SMILES string of the molecule is CN(C)C1CCN(c2nc3[nH]cc(C(=O)O)c(=O)c3cc2F)C1. The molecule has 0 bridgehead atoms. The highest BCUT2D eigenvalue weighted by Gasteiger charge is 2.27. The number of aromatic nitrogens is 2. The first-order valence-electron chi connectivity index (χ1n) is 7.25. The smallest absolute Gasteiger partial charge is 0.341 e. The minimum atomic E-state index is -1.36. The number of aromatic carboxylic acids is 1. The van der Waals surface area contributed by atoms with Gasteiger partial charge < -0.3 is 19.9 Å². The molecule has 23 heavy (non-hydrogen) atoms. The van der Waals surface area contributed by atoms with Crippen molar-refractivity contribution in [3.05, 3.63) is 33.9 Å². The van der Waals surface area contributed by atoms with Crippen molar-refractivity contribution in [1.82, 2.24) is 14.9 Å².